The number of furan rings is 1. The van der Waals surface area contributed by atoms with Crippen LogP contribution < -0.4 is 0 Å². The van der Waals surface area contributed by atoms with Crippen LogP contribution in [-0.4, -0.2) is 17.1 Å². The summed E-state index contributed by atoms with van der Waals surface area (Å²) in [7, 11) is 0. The van der Waals surface area contributed by atoms with Gasteiger partial charge < -0.3 is 9.15 Å². The van der Waals surface area contributed by atoms with Gasteiger partial charge in [0.1, 0.15) is 6.10 Å². The number of hydrogen-bond donors (Lipinski definition) is 0. The Morgan fingerprint density at radius 1 is 1.37 bits per heavy atom. The Bertz CT molecular complexity index is 541. The number of thiazole rings is 1. The van der Waals surface area contributed by atoms with Crippen molar-refractivity contribution in [3.8, 4) is 10.8 Å². The van der Waals surface area contributed by atoms with Gasteiger partial charge in [0.25, 0.3) is 0 Å². The van der Waals surface area contributed by atoms with Gasteiger partial charge in [0.15, 0.2) is 16.5 Å². The lowest BCUT2D eigenvalue weighted by molar-refractivity contribution is 0.0205. The van der Waals surface area contributed by atoms with Crippen LogP contribution in [0.3, 0.4) is 0 Å². The summed E-state index contributed by atoms with van der Waals surface area (Å²) in [6.45, 7) is 0. The highest BCUT2D eigenvalue weighted by Crippen LogP contribution is 2.25. The summed E-state index contributed by atoms with van der Waals surface area (Å²) in [5, 5.41) is 2.43. The van der Waals surface area contributed by atoms with E-state index in [1.807, 2.05) is 6.07 Å². The molecule has 0 radical (unpaired) electrons. The maximum atomic E-state index is 12.0. The van der Waals surface area contributed by atoms with E-state index in [-0.39, 0.29) is 12.1 Å². The zero-order chi connectivity index (χ0) is 13.1. The van der Waals surface area contributed by atoms with Crippen molar-refractivity contribution in [1.29, 1.82) is 0 Å². The van der Waals surface area contributed by atoms with Crippen molar-refractivity contribution >= 4 is 17.3 Å². The molecule has 0 aromatic carbocycles. The molecule has 2 aromatic rings. The third-order valence-electron chi connectivity index (χ3n) is 3.27. The molecule has 4 nitrogen and oxygen atoms in total. The molecule has 0 unspecified atom stereocenters. The normalized spacial score (nSPS) is 16.4. The van der Waals surface area contributed by atoms with Gasteiger partial charge in [-0.1, -0.05) is 6.42 Å². The van der Waals surface area contributed by atoms with Gasteiger partial charge in [-0.2, -0.15) is 0 Å². The molecule has 100 valence electrons. The van der Waals surface area contributed by atoms with Crippen LogP contribution in [0, 0.1) is 0 Å². The summed E-state index contributed by atoms with van der Waals surface area (Å²) in [6.07, 6.45) is 7.14. The van der Waals surface area contributed by atoms with E-state index in [1.165, 1.54) is 17.8 Å². The zero-order valence-electron chi connectivity index (χ0n) is 10.5. The van der Waals surface area contributed by atoms with E-state index in [9.17, 15) is 4.79 Å². The van der Waals surface area contributed by atoms with E-state index in [2.05, 4.69) is 4.98 Å². The van der Waals surface area contributed by atoms with Crippen molar-refractivity contribution in [3.63, 3.8) is 0 Å². The van der Waals surface area contributed by atoms with Crippen LogP contribution in [0.2, 0.25) is 0 Å². The quantitative estimate of drug-likeness (QED) is 0.799. The Labute approximate surface area is 115 Å². The smallest absolute Gasteiger partial charge is 0.358 e. The molecule has 19 heavy (non-hydrogen) atoms. The molecule has 1 fully saturated rings. The molecule has 5 heteroatoms. The molecule has 0 spiro atoms. The van der Waals surface area contributed by atoms with E-state index < -0.39 is 0 Å². The average Bonchev–Trinajstić information content (AvgIpc) is 3.11. The Balaban J connectivity index is 1.67. The van der Waals surface area contributed by atoms with E-state index in [0.29, 0.717) is 16.5 Å². The largest absolute Gasteiger partial charge is 0.462 e. The summed E-state index contributed by atoms with van der Waals surface area (Å²) in [5.41, 5.74) is 0.377. The van der Waals surface area contributed by atoms with E-state index in [1.54, 1.807) is 17.7 Å². The molecule has 1 saturated carbocycles. The molecule has 1 aliphatic carbocycles. The van der Waals surface area contributed by atoms with Gasteiger partial charge in [-0.15, -0.1) is 11.3 Å². The number of nitrogens with zero attached hydrogens (tertiary/aromatic N) is 1. The zero-order valence-corrected chi connectivity index (χ0v) is 11.3. The highest BCUT2D eigenvalue weighted by atomic mass is 32.1. The van der Waals surface area contributed by atoms with E-state index >= 15 is 0 Å². The number of carbonyl (C=O) groups excluding carboxylic acids is 1. The fraction of sp³-hybridized carbons (Fsp3) is 0.429. The molecular weight excluding hydrogens is 262 g/mol. The SMILES string of the molecule is O=C(OC1CCCCC1)c1csc(-c2ccco2)n1. The second-order valence-corrected chi connectivity index (χ2v) is 5.54. The van der Waals surface area contributed by atoms with Crippen LogP contribution in [0.5, 0.6) is 0 Å². The summed E-state index contributed by atoms with van der Waals surface area (Å²) >= 11 is 1.39. The third-order valence-corrected chi connectivity index (χ3v) is 4.13. The molecule has 2 aromatic heterocycles. The molecule has 0 saturated heterocycles. The first kappa shape index (κ1) is 12.4. The fourth-order valence-corrected chi connectivity index (χ4v) is 3.03. The van der Waals surface area contributed by atoms with Crippen molar-refractivity contribution < 1.29 is 13.9 Å². The number of ether oxygens (including phenoxy) is 1. The Morgan fingerprint density at radius 3 is 2.95 bits per heavy atom. The molecule has 2 heterocycles. The van der Waals surface area contributed by atoms with Crippen molar-refractivity contribution in [2.75, 3.05) is 0 Å². The average molecular weight is 277 g/mol. The van der Waals surface area contributed by atoms with Gasteiger partial charge in [-0.25, -0.2) is 9.78 Å². The van der Waals surface area contributed by atoms with Crippen molar-refractivity contribution in [2.45, 2.75) is 38.2 Å². The van der Waals surface area contributed by atoms with Gasteiger partial charge in [0.05, 0.1) is 6.26 Å². The minimum atomic E-state index is -0.319. The van der Waals surface area contributed by atoms with Crippen LogP contribution >= 0.6 is 11.3 Å². The predicted octanol–water partition coefficient (Wildman–Crippen LogP) is 3.89. The lowest BCUT2D eigenvalue weighted by atomic mass is 9.98. The predicted molar refractivity (Wildman–Crippen MR) is 72.1 cm³/mol. The number of rotatable bonds is 3. The number of carbonyl (C=O) groups is 1. The maximum absolute atomic E-state index is 12.0. The third kappa shape index (κ3) is 2.87. The highest BCUT2D eigenvalue weighted by Gasteiger charge is 2.21. The molecule has 0 N–H and O–H groups in total. The van der Waals surface area contributed by atoms with Crippen LogP contribution in [0.15, 0.2) is 28.2 Å². The van der Waals surface area contributed by atoms with Crippen molar-refractivity contribution in [2.24, 2.45) is 0 Å². The number of hydrogen-bond acceptors (Lipinski definition) is 5. The molecule has 0 atom stereocenters. The second-order valence-electron chi connectivity index (χ2n) is 4.68. The number of aromatic nitrogens is 1. The molecule has 1 aliphatic rings. The van der Waals surface area contributed by atoms with Gasteiger partial charge in [0.2, 0.25) is 0 Å². The lowest BCUT2D eigenvalue weighted by Gasteiger charge is -2.21. The second kappa shape index (κ2) is 5.57. The lowest BCUT2D eigenvalue weighted by Crippen LogP contribution is -2.21. The van der Waals surface area contributed by atoms with Gasteiger partial charge in [0, 0.05) is 5.38 Å². The van der Waals surface area contributed by atoms with Crippen molar-refractivity contribution in [3.05, 3.63) is 29.5 Å². The van der Waals surface area contributed by atoms with Crippen LogP contribution in [-0.2, 0) is 4.74 Å². The van der Waals surface area contributed by atoms with Gasteiger partial charge in [-0.05, 0) is 37.8 Å². The van der Waals surface area contributed by atoms with Crippen LogP contribution in [0.1, 0.15) is 42.6 Å². The molecule has 0 amide bonds. The monoisotopic (exact) mass is 277 g/mol. The fourth-order valence-electron chi connectivity index (χ4n) is 2.28. The Kier molecular flexibility index (Phi) is 3.64. The molecule has 3 rings (SSSR count). The number of esters is 1. The van der Waals surface area contributed by atoms with Crippen LogP contribution in [0.25, 0.3) is 10.8 Å². The van der Waals surface area contributed by atoms with Gasteiger partial charge in [-0.3, -0.25) is 0 Å². The van der Waals surface area contributed by atoms with Crippen LogP contribution in [0.4, 0.5) is 0 Å². The highest BCUT2D eigenvalue weighted by molar-refractivity contribution is 7.13. The summed E-state index contributed by atoms with van der Waals surface area (Å²) in [4.78, 5) is 16.3. The standard InChI is InChI=1S/C14H15NO3S/c16-14(18-10-5-2-1-3-6-10)11-9-19-13(15-11)12-7-4-8-17-12/h4,7-10H,1-3,5-6H2. The molecule has 0 bridgehead atoms. The first-order chi connectivity index (χ1) is 9.33. The topological polar surface area (TPSA) is 52.3 Å². The minimum Gasteiger partial charge on any atom is -0.462 e. The summed E-state index contributed by atoms with van der Waals surface area (Å²) < 4.78 is 10.7. The summed E-state index contributed by atoms with van der Waals surface area (Å²) in [5.74, 6) is 0.364. The van der Waals surface area contributed by atoms with E-state index in [0.717, 1.165) is 25.7 Å². The molecular formula is C14H15NO3S. The minimum absolute atomic E-state index is 0.0648. The first-order valence-corrected chi connectivity index (χ1v) is 7.41. The first-order valence-electron chi connectivity index (χ1n) is 6.53. The van der Waals surface area contributed by atoms with Gasteiger partial charge >= 0.3 is 5.97 Å². The molecule has 0 aliphatic heterocycles. The summed E-state index contributed by atoms with van der Waals surface area (Å²) in [6, 6.07) is 3.63. The van der Waals surface area contributed by atoms with Crippen molar-refractivity contribution in [1.82, 2.24) is 4.98 Å². The maximum Gasteiger partial charge on any atom is 0.358 e. The Hall–Kier alpha value is -1.62. The van der Waals surface area contributed by atoms with E-state index in [4.69, 9.17) is 9.15 Å². The Morgan fingerprint density at radius 2 is 2.21 bits per heavy atom.